The van der Waals surface area contributed by atoms with E-state index in [1.807, 2.05) is 19.1 Å². The molecule has 1 atom stereocenters. The Labute approximate surface area is 123 Å². The Morgan fingerprint density at radius 1 is 1.48 bits per heavy atom. The number of benzene rings is 1. The maximum absolute atomic E-state index is 12.2. The van der Waals surface area contributed by atoms with Crippen molar-refractivity contribution in [2.75, 3.05) is 18.0 Å². The van der Waals surface area contributed by atoms with Crippen LogP contribution in [0.25, 0.3) is 0 Å². The first kappa shape index (κ1) is 14.9. The Kier molecular flexibility index (Phi) is 4.81. The third-order valence-electron chi connectivity index (χ3n) is 3.12. The SMILES string of the molecule is C/C=C/CCNC(=O)N1CC(C(=O)O)Oc2ccccc21. The van der Waals surface area contributed by atoms with Gasteiger partial charge in [0.1, 0.15) is 5.75 Å². The molecule has 1 aromatic rings. The molecule has 1 heterocycles. The molecule has 0 aliphatic carbocycles. The Balaban J connectivity index is 2.13. The number of carboxylic acids is 1. The first-order valence-corrected chi connectivity index (χ1v) is 6.78. The van der Waals surface area contributed by atoms with E-state index in [-0.39, 0.29) is 12.6 Å². The van der Waals surface area contributed by atoms with Crippen molar-refractivity contribution >= 4 is 17.7 Å². The molecule has 0 radical (unpaired) electrons. The fraction of sp³-hybridized carbons (Fsp3) is 0.333. The van der Waals surface area contributed by atoms with Crippen LogP contribution in [0, 0.1) is 0 Å². The number of ether oxygens (including phenoxy) is 1. The summed E-state index contributed by atoms with van der Waals surface area (Å²) in [6, 6.07) is 6.60. The molecule has 6 nitrogen and oxygen atoms in total. The van der Waals surface area contributed by atoms with Crippen molar-refractivity contribution in [3.63, 3.8) is 0 Å². The minimum absolute atomic E-state index is 0.0121. The lowest BCUT2D eigenvalue weighted by Crippen LogP contribution is -2.50. The molecule has 1 aliphatic rings. The van der Waals surface area contributed by atoms with Gasteiger partial charge in [0.25, 0.3) is 0 Å². The monoisotopic (exact) mass is 290 g/mol. The number of rotatable bonds is 4. The number of hydrogen-bond donors (Lipinski definition) is 2. The topological polar surface area (TPSA) is 78.9 Å². The minimum Gasteiger partial charge on any atom is -0.478 e. The van der Waals surface area contributed by atoms with Crippen molar-refractivity contribution in [3.05, 3.63) is 36.4 Å². The number of nitrogens with zero attached hydrogens (tertiary/aromatic N) is 1. The largest absolute Gasteiger partial charge is 0.478 e. The lowest BCUT2D eigenvalue weighted by molar-refractivity contribution is -0.144. The zero-order valence-electron chi connectivity index (χ0n) is 11.8. The van der Waals surface area contributed by atoms with Crippen LogP contribution >= 0.6 is 0 Å². The third-order valence-corrected chi connectivity index (χ3v) is 3.12. The lowest BCUT2D eigenvalue weighted by Gasteiger charge is -2.32. The number of amides is 2. The van der Waals surface area contributed by atoms with Crippen LogP contribution in [-0.4, -0.2) is 36.3 Å². The highest BCUT2D eigenvalue weighted by Gasteiger charge is 2.33. The van der Waals surface area contributed by atoms with E-state index in [4.69, 9.17) is 9.84 Å². The first-order valence-electron chi connectivity index (χ1n) is 6.78. The van der Waals surface area contributed by atoms with E-state index in [1.165, 1.54) is 4.90 Å². The number of carbonyl (C=O) groups is 2. The van der Waals surface area contributed by atoms with Crippen LogP contribution in [0.1, 0.15) is 13.3 Å². The van der Waals surface area contributed by atoms with Crippen LogP contribution in [0.5, 0.6) is 5.75 Å². The molecule has 0 saturated carbocycles. The number of nitrogens with one attached hydrogen (secondary N) is 1. The quantitative estimate of drug-likeness (QED) is 0.657. The van der Waals surface area contributed by atoms with Crippen LogP contribution in [0.4, 0.5) is 10.5 Å². The van der Waals surface area contributed by atoms with Crippen molar-refractivity contribution < 1.29 is 19.4 Å². The van der Waals surface area contributed by atoms with Gasteiger partial charge < -0.3 is 15.2 Å². The van der Waals surface area contributed by atoms with Crippen molar-refractivity contribution in [2.45, 2.75) is 19.4 Å². The van der Waals surface area contributed by atoms with E-state index in [0.29, 0.717) is 18.0 Å². The van der Waals surface area contributed by atoms with Gasteiger partial charge in [-0.2, -0.15) is 0 Å². The molecule has 0 spiro atoms. The molecule has 1 aromatic carbocycles. The summed E-state index contributed by atoms with van der Waals surface area (Å²) in [4.78, 5) is 24.8. The molecule has 0 fully saturated rings. The Morgan fingerprint density at radius 2 is 2.24 bits per heavy atom. The number of urea groups is 1. The van der Waals surface area contributed by atoms with Crippen LogP contribution in [0.15, 0.2) is 36.4 Å². The summed E-state index contributed by atoms with van der Waals surface area (Å²) in [5, 5.41) is 11.9. The van der Waals surface area contributed by atoms with Crippen molar-refractivity contribution in [1.82, 2.24) is 5.32 Å². The van der Waals surface area contributed by atoms with E-state index < -0.39 is 12.1 Å². The second kappa shape index (κ2) is 6.78. The maximum Gasteiger partial charge on any atom is 0.346 e. The predicted molar refractivity (Wildman–Crippen MR) is 78.7 cm³/mol. The van der Waals surface area contributed by atoms with Crippen LogP contribution < -0.4 is 15.0 Å². The van der Waals surface area contributed by atoms with Crippen molar-refractivity contribution in [3.8, 4) is 5.75 Å². The first-order chi connectivity index (χ1) is 10.1. The number of allylic oxidation sites excluding steroid dienone is 1. The predicted octanol–water partition coefficient (Wildman–Crippen LogP) is 2.01. The summed E-state index contributed by atoms with van der Waals surface area (Å²) in [5.74, 6) is -0.684. The average Bonchev–Trinajstić information content (AvgIpc) is 2.50. The summed E-state index contributed by atoms with van der Waals surface area (Å²) in [5.41, 5.74) is 0.582. The number of para-hydroxylation sites is 2. The third kappa shape index (κ3) is 3.53. The molecule has 0 saturated heterocycles. The molecule has 6 heteroatoms. The van der Waals surface area contributed by atoms with Gasteiger partial charge in [0.15, 0.2) is 0 Å². The number of carbonyl (C=O) groups excluding carboxylic acids is 1. The van der Waals surface area contributed by atoms with E-state index >= 15 is 0 Å². The fourth-order valence-electron chi connectivity index (χ4n) is 2.08. The smallest absolute Gasteiger partial charge is 0.346 e. The number of fused-ring (bicyclic) bond motifs is 1. The normalized spacial score (nSPS) is 17.2. The van der Waals surface area contributed by atoms with E-state index in [9.17, 15) is 9.59 Å². The van der Waals surface area contributed by atoms with Gasteiger partial charge in [0.05, 0.1) is 12.2 Å². The summed E-state index contributed by atoms with van der Waals surface area (Å²) >= 11 is 0. The molecular weight excluding hydrogens is 272 g/mol. The summed E-state index contributed by atoms with van der Waals surface area (Å²) in [7, 11) is 0. The van der Waals surface area contributed by atoms with Gasteiger partial charge in [0, 0.05) is 6.54 Å². The van der Waals surface area contributed by atoms with Gasteiger partial charge in [0.2, 0.25) is 6.10 Å². The zero-order chi connectivity index (χ0) is 15.2. The molecule has 112 valence electrons. The number of aliphatic carboxylic acids is 1. The van der Waals surface area contributed by atoms with E-state index in [1.54, 1.807) is 24.3 Å². The second-order valence-corrected chi connectivity index (χ2v) is 4.61. The highest BCUT2D eigenvalue weighted by molar-refractivity contribution is 5.95. The van der Waals surface area contributed by atoms with Crippen LogP contribution in [0.3, 0.4) is 0 Å². The molecule has 2 rings (SSSR count). The van der Waals surface area contributed by atoms with Gasteiger partial charge >= 0.3 is 12.0 Å². The molecular formula is C15H18N2O4. The molecule has 21 heavy (non-hydrogen) atoms. The molecule has 1 aliphatic heterocycles. The average molecular weight is 290 g/mol. The fourth-order valence-corrected chi connectivity index (χ4v) is 2.08. The van der Waals surface area contributed by atoms with Crippen molar-refractivity contribution in [1.29, 1.82) is 0 Å². The summed E-state index contributed by atoms with van der Waals surface area (Å²) in [6.07, 6.45) is 3.54. The van der Waals surface area contributed by atoms with Crippen molar-refractivity contribution in [2.24, 2.45) is 0 Å². The Bertz CT molecular complexity index is 556. The Morgan fingerprint density at radius 3 is 2.95 bits per heavy atom. The second-order valence-electron chi connectivity index (χ2n) is 4.61. The van der Waals surface area contributed by atoms with Gasteiger partial charge in [-0.15, -0.1) is 0 Å². The zero-order valence-corrected chi connectivity index (χ0v) is 11.8. The van der Waals surface area contributed by atoms with Crippen LogP contribution in [-0.2, 0) is 4.79 Å². The number of hydrogen-bond acceptors (Lipinski definition) is 3. The standard InChI is InChI=1S/C15H18N2O4/c1-2-3-6-9-16-15(20)17-10-13(14(18)19)21-12-8-5-4-7-11(12)17/h2-5,7-8,13H,6,9-10H2,1H3,(H,16,20)(H,18,19)/b3-2+. The minimum atomic E-state index is -1.09. The molecule has 1 unspecified atom stereocenters. The number of carboxylic acid groups (broad SMARTS) is 1. The molecule has 0 aromatic heterocycles. The van der Waals surface area contributed by atoms with Gasteiger partial charge in [-0.3, -0.25) is 4.90 Å². The number of anilines is 1. The highest BCUT2D eigenvalue weighted by Crippen LogP contribution is 2.33. The highest BCUT2D eigenvalue weighted by atomic mass is 16.5. The maximum atomic E-state index is 12.2. The summed E-state index contributed by atoms with van der Waals surface area (Å²) in [6.45, 7) is 2.40. The van der Waals surface area contributed by atoms with Gasteiger partial charge in [-0.1, -0.05) is 24.3 Å². The lowest BCUT2D eigenvalue weighted by atomic mass is 10.2. The van der Waals surface area contributed by atoms with Gasteiger partial charge in [-0.25, -0.2) is 9.59 Å². The van der Waals surface area contributed by atoms with Crippen LogP contribution in [0.2, 0.25) is 0 Å². The summed E-state index contributed by atoms with van der Waals surface area (Å²) < 4.78 is 5.38. The van der Waals surface area contributed by atoms with E-state index in [2.05, 4.69) is 5.32 Å². The molecule has 2 amide bonds. The Hall–Kier alpha value is -2.50. The van der Waals surface area contributed by atoms with Gasteiger partial charge in [-0.05, 0) is 25.5 Å². The molecule has 0 bridgehead atoms. The van der Waals surface area contributed by atoms with E-state index in [0.717, 1.165) is 6.42 Å². The molecule has 2 N–H and O–H groups in total.